The van der Waals surface area contributed by atoms with Gasteiger partial charge in [0, 0.05) is 38.4 Å². The lowest BCUT2D eigenvalue weighted by Gasteiger charge is -2.68. The van der Waals surface area contributed by atoms with Crippen LogP contribution in [-0.4, -0.2) is 70.2 Å². The van der Waals surface area contributed by atoms with Crippen molar-refractivity contribution in [1.29, 1.82) is 0 Å². The molecule has 1 saturated heterocycles. The average molecular weight is 507 g/mol. The number of methoxy groups -OCH3 is 1. The first-order chi connectivity index (χ1) is 17.0. The number of ketones is 1. The lowest BCUT2D eigenvalue weighted by molar-refractivity contribution is -0.343. The smallest absolute Gasteiger partial charge is 0.302 e. The summed E-state index contributed by atoms with van der Waals surface area (Å²) in [5, 5.41) is 32.6. The second-order valence-corrected chi connectivity index (χ2v) is 12.0. The first-order valence-corrected chi connectivity index (χ1v) is 13.1. The van der Waals surface area contributed by atoms with Gasteiger partial charge in [0.2, 0.25) is 0 Å². The van der Waals surface area contributed by atoms with E-state index in [1.807, 2.05) is 0 Å². The molecule has 0 amide bonds. The second-order valence-electron chi connectivity index (χ2n) is 12.0. The molecular formula is C27H38O9. The maximum absolute atomic E-state index is 13.0. The fourth-order valence-electron chi connectivity index (χ4n) is 9.62. The number of aldehydes is 1. The number of hydrogen-bond acceptors (Lipinski definition) is 9. The van der Waals surface area contributed by atoms with Gasteiger partial charge in [-0.2, -0.15) is 0 Å². The summed E-state index contributed by atoms with van der Waals surface area (Å²) >= 11 is 0. The molecule has 2 bridgehead atoms. The Balaban J connectivity index is 1.54. The Morgan fingerprint density at radius 3 is 2.42 bits per heavy atom. The van der Waals surface area contributed by atoms with E-state index < -0.39 is 47.0 Å². The molecule has 0 aromatic carbocycles. The normalized spacial score (nSPS) is 51.6. The van der Waals surface area contributed by atoms with E-state index in [0.717, 1.165) is 19.0 Å². The van der Waals surface area contributed by atoms with Crippen molar-refractivity contribution in [2.45, 2.75) is 94.9 Å². The number of allylic oxidation sites excluding steroid dienone is 1. The van der Waals surface area contributed by atoms with Gasteiger partial charge in [0.25, 0.3) is 0 Å². The lowest BCUT2D eigenvalue weighted by Crippen LogP contribution is -2.74. The van der Waals surface area contributed by atoms with Gasteiger partial charge in [-0.15, -0.1) is 0 Å². The molecule has 0 aromatic rings. The fourth-order valence-corrected chi connectivity index (χ4v) is 9.62. The van der Waals surface area contributed by atoms with Gasteiger partial charge in [-0.05, 0) is 56.3 Å². The van der Waals surface area contributed by atoms with E-state index in [1.54, 1.807) is 0 Å². The Morgan fingerprint density at radius 2 is 1.78 bits per heavy atom. The second kappa shape index (κ2) is 8.61. The molecule has 0 radical (unpaired) electrons. The van der Waals surface area contributed by atoms with Crippen LogP contribution < -0.4 is 0 Å². The maximum atomic E-state index is 13.0. The highest BCUT2D eigenvalue weighted by Gasteiger charge is 2.77. The van der Waals surface area contributed by atoms with Crippen molar-refractivity contribution in [3.63, 3.8) is 0 Å². The molecule has 4 saturated carbocycles. The fraction of sp³-hybridized carbons (Fsp3) is 0.815. The minimum absolute atomic E-state index is 0.0153. The van der Waals surface area contributed by atoms with Gasteiger partial charge < -0.3 is 34.3 Å². The Kier molecular flexibility index (Phi) is 6.18. The summed E-state index contributed by atoms with van der Waals surface area (Å²) in [7, 11) is 1.51. The molecule has 0 spiro atoms. The van der Waals surface area contributed by atoms with Gasteiger partial charge in [0.15, 0.2) is 12.1 Å². The van der Waals surface area contributed by atoms with Crippen molar-refractivity contribution in [3.8, 4) is 0 Å². The summed E-state index contributed by atoms with van der Waals surface area (Å²) in [5.41, 5.74) is -3.90. The van der Waals surface area contributed by atoms with Crippen LogP contribution in [-0.2, 0) is 28.6 Å². The Labute approximate surface area is 211 Å². The monoisotopic (exact) mass is 506 g/mol. The molecule has 5 fully saturated rings. The lowest BCUT2D eigenvalue weighted by atomic mass is 9.40. The highest BCUT2D eigenvalue weighted by Crippen LogP contribution is 2.73. The predicted octanol–water partition coefficient (Wildman–Crippen LogP) is 2.22. The zero-order chi connectivity index (χ0) is 26.1. The molecule has 200 valence electrons. The van der Waals surface area contributed by atoms with Crippen LogP contribution >= 0.6 is 0 Å². The third kappa shape index (κ3) is 3.12. The summed E-state index contributed by atoms with van der Waals surface area (Å²) in [6, 6.07) is 0. The van der Waals surface area contributed by atoms with Crippen LogP contribution in [0.25, 0.3) is 0 Å². The molecule has 11 atom stereocenters. The summed E-state index contributed by atoms with van der Waals surface area (Å²) in [4.78, 5) is 37.5. The van der Waals surface area contributed by atoms with Crippen LogP contribution in [0.3, 0.4) is 0 Å². The van der Waals surface area contributed by atoms with Gasteiger partial charge in [-0.3, -0.25) is 9.59 Å². The molecule has 36 heavy (non-hydrogen) atoms. The number of carbonyl (C=O) groups is 3. The summed E-state index contributed by atoms with van der Waals surface area (Å²) in [5.74, 6) is -1.70. The van der Waals surface area contributed by atoms with E-state index in [0.29, 0.717) is 25.7 Å². The van der Waals surface area contributed by atoms with Crippen molar-refractivity contribution >= 4 is 18.0 Å². The number of hydrogen-bond donors (Lipinski definition) is 3. The van der Waals surface area contributed by atoms with E-state index in [2.05, 4.69) is 6.92 Å². The van der Waals surface area contributed by atoms with Crippen LogP contribution in [0.4, 0.5) is 0 Å². The van der Waals surface area contributed by atoms with E-state index in [-0.39, 0.29) is 48.2 Å². The molecule has 5 aliphatic rings. The van der Waals surface area contributed by atoms with Crippen molar-refractivity contribution in [2.24, 2.45) is 34.5 Å². The van der Waals surface area contributed by atoms with Gasteiger partial charge in [0.05, 0.1) is 34.9 Å². The van der Waals surface area contributed by atoms with E-state index >= 15 is 0 Å². The first kappa shape index (κ1) is 25.8. The van der Waals surface area contributed by atoms with E-state index in [1.165, 1.54) is 20.1 Å². The summed E-state index contributed by atoms with van der Waals surface area (Å²) in [6.45, 7) is 3.46. The van der Waals surface area contributed by atoms with Gasteiger partial charge in [0.1, 0.15) is 12.4 Å². The van der Waals surface area contributed by atoms with Gasteiger partial charge in [-0.1, -0.05) is 6.92 Å². The number of rotatable bonds is 5. The molecule has 4 aliphatic carbocycles. The third-order valence-corrected chi connectivity index (χ3v) is 10.9. The zero-order valence-electron chi connectivity index (χ0n) is 21.2. The van der Waals surface area contributed by atoms with Gasteiger partial charge >= 0.3 is 5.97 Å². The molecule has 0 unspecified atom stereocenters. The Morgan fingerprint density at radius 1 is 1.08 bits per heavy atom. The quantitative estimate of drug-likeness (QED) is 0.222. The summed E-state index contributed by atoms with van der Waals surface area (Å²) < 4.78 is 17.8. The highest BCUT2D eigenvalue weighted by molar-refractivity contribution is 5.92. The molecule has 1 aliphatic heterocycles. The third-order valence-electron chi connectivity index (χ3n) is 10.9. The van der Waals surface area contributed by atoms with Crippen LogP contribution in [0.1, 0.15) is 65.2 Å². The van der Waals surface area contributed by atoms with Crippen LogP contribution in [0.2, 0.25) is 0 Å². The highest BCUT2D eigenvalue weighted by atomic mass is 16.7. The molecule has 5 rings (SSSR count). The average Bonchev–Trinajstić information content (AvgIpc) is 2.98. The number of carbonyl (C=O) groups excluding carboxylic acids is 3. The molecule has 0 aromatic heterocycles. The SMILES string of the molecule is CO[C@H]1O[C@]23CC[C@H]([C@@H]1C(=O)/C=C\O)[C@@]2(C)CC[C@H]1[C@H]3CC[C@]2(O)C[C@@H](OC(C)=O)C[C@@H](O)[C@]12C=O. The van der Waals surface area contributed by atoms with Crippen LogP contribution in [0.15, 0.2) is 12.3 Å². The number of fused-ring (bicyclic) bond motifs is 3. The number of esters is 1. The maximum Gasteiger partial charge on any atom is 0.302 e. The molecule has 1 heterocycles. The molecule has 9 heteroatoms. The first-order valence-electron chi connectivity index (χ1n) is 13.1. The zero-order valence-corrected chi connectivity index (χ0v) is 21.2. The Hall–Kier alpha value is -1.81. The van der Waals surface area contributed by atoms with Crippen molar-refractivity contribution in [1.82, 2.24) is 0 Å². The van der Waals surface area contributed by atoms with Crippen LogP contribution in [0, 0.1) is 34.5 Å². The Bertz CT molecular complexity index is 965. The predicted molar refractivity (Wildman–Crippen MR) is 125 cm³/mol. The molecule has 3 N–H and O–H groups in total. The minimum atomic E-state index is -1.49. The molecule has 9 nitrogen and oxygen atoms in total. The number of aliphatic hydroxyl groups excluding tert-OH is 2. The number of aliphatic hydroxyl groups is 3. The minimum Gasteiger partial charge on any atom is -0.515 e. The van der Waals surface area contributed by atoms with Crippen molar-refractivity contribution < 1.29 is 43.9 Å². The van der Waals surface area contributed by atoms with Crippen molar-refractivity contribution in [3.05, 3.63) is 12.3 Å². The number of ether oxygens (including phenoxy) is 3. The molecular weight excluding hydrogens is 468 g/mol. The van der Waals surface area contributed by atoms with Gasteiger partial charge in [-0.25, -0.2) is 0 Å². The van der Waals surface area contributed by atoms with E-state index in [4.69, 9.17) is 14.2 Å². The topological polar surface area (TPSA) is 140 Å². The van der Waals surface area contributed by atoms with Crippen molar-refractivity contribution in [2.75, 3.05) is 7.11 Å². The van der Waals surface area contributed by atoms with E-state index in [9.17, 15) is 29.7 Å². The largest absolute Gasteiger partial charge is 0.515 e. The standard InChI is InChI=1S/C27H38O9/c1-15(30)35-16-12-21(32)26(14-29)17-4-8-24(2)19-6-10-27(24,18(17)5-9-25(26,33)13-16)36-23(34-3)22(19)20(31)7-11-28/h7,11,14,16-19,21-23,28,32-33H,4-6,8-10,12-13H2,1-3H3/b11-7-/t16-,17-,18+,19+,21+,22+,23-,24+,25-,26-,27-/m0/s1. The van der Waals surface area contributed by atoms with Crippen LogP contribution in [0.5, 0.6) is 0 Å². The summed E-state index contributed by atoms with van der Waals surface area (Å²) in [6.07, 6.45) is 3.91.